The molecule has 116 valence electrons. The first-order valence-corrected chi connectivity index (χ1v) is 8.32. The molecule has 0 bridgehead atoms. The number of H-pyrrole nitrogens is 1. The van der Waals surface area contributed by atoms with Crippen LogP contribution < -0.4 is 10.0 Å². The average Bonchev–Trinajstić information content (AvgIpc) is 3.10. The van der Waals surface area contributed by atoms with Crippen LogP contribution in [0, 0.1) is 0 Å². The van der Waals surface area contributed by atoms with Crippen LogP contribution >= 0.6 is 0 Å². The Kier molecular flexibility index (Phi) is 5.48. The maximum Gasteiger partial charge on any atom is 0.242 e. The molecule has 0 aromatic carbocycles. The lowest BCUT2D eigenvalue weighted by atomic mass is 10.4. The molecule has 0 unspecified atom stereocenters. The standard InChI is InChI=1S/C12H20N6O2S/c1-2-3-13-9-11-8-12(10-14-11)21(19,20)16-5-7-18-6-4-15-17-18/h4,6,8,10,13-14,16H,2-3,5,7,9H2,1H3. The van der Waals surface area contributed by atoms with Gasteiger partial charge in [-0.2, -0.15) is 0 Å². The van der Waals surface area contributed by atoms with E-state index in [-0.39, 0.29) is 11.4 Å². The molecule has 2 heterocycles. The quantitative estimate of drug-likeness (QED) is 0.569. The van der Waals surface area contributed by atoms with Crippen molar-refractivity contribution in [2.24, 2.45) is 0 Å². The minimum atomic E-state index is -3.49. The molecule has 0 spiro atoms. The zero-order valence-corrected chi connectivity index (χ0v) is 12.7. The number of nitrogens with one attached hydrogen (secondary N) is 3. The number of aromatic amines is 1. The molecule has 0 amide bonds. The SMILES string of the molecule is CCCNCc1cc(S(=O)(=O)NCCn2ccnn2)c[nH]1. The molecule has 0 radical (unpaired) electrons. The highest BCUT2D eigenvalue weighted by atomic mass is 32.2. The van der Waals surface area contributed by atoms with Crippen molar-refractivity contribution in [1.29, 1.82) is 0 Å². The van der Waals surface area contributed by atoms with E-state index in [1.165, 1.54) is 6.20 Å². The highest BCUT2D eigenvalue weighted by Gasteiger charge is 2.15. The lowest BCUT2D eigenvalue weighted by Gasteiger charge is -2.04. The number of nitrogens with zero attached hydrogens (tertiary/aromatic N) is 3. The summed E-state index contributed by atoms with van der Waals surface area (Å²) in [5, 5.41) is 10.6. The highest BCUT2D eigenvalue weighted by molar-refractivity contribution is 7.89. The maximum atomic E-state index is 12.1. The Morgan fingerprint density at radius 1 is 1.38 bits per heavy atom. The van der Waals surface area contributed by atoms with Crippen LogP contribution in [0.25, 0.3) is 0 Å². The van der Waals surface area contributed by atoms with Gasteiger partial charge in [-0.15, -0.1) is 5.10 Å². The van der Waals surface area contributed by atoms with Crippen LogP contribution in [0.3, 0.4) is 0 Å². The third-order valence-electron chi connectivity index (χ3n) is 2.87. The first-order chi connectivity index (χ1) is 10.1. The fraction of sp³-hybridized carbons (Fsp3) is 0.500. The molecule has 0 aliphatic carbocycles. The van der Waals surface area contributed by atoms with Gasteiger partial charge in [-0.25, -0.2) is 13.1 Å². The van der Waals surface area contributed by atoms with Crippen molar-refractivity contribution < 1.29 is 8.42 Å². The van der Waals surface area contributed by atoms with Crippen LogP contribution in [0.5, 0.6) is 0 Å². The van der Waals surface area contributed by atoms with E-state index >= 15 is 0 Å². The van der Waals surface area contributed by atoms with Crippen LogP contribution in [0.4, 0.5) is 0 Å². The van der Waals surface area contributed by atoms with E-state index in [4.69, 9.17) is 0 Å². The van der Waals surface area contributed by atoms with Crippen LogP contribution in [0.1, 0.15) is 19.0 Å². The van der Waals surface area contributed by atoms with E-state index < -0.39 is 10.0 Å². The third-order valence-corrected chi connectivity index (χ3v) is 4.31. The van der Waals surface area contributed by atoms with Crippen LogP contribution in [-0.4, -0.2) is 41.5 Å². The number of aromatic nitrogens is 4. The molecule has 2 rings (SSSR count). The second-order valence-electron chi connectivity index (χ2n) is 4.60. The lowest BCUT2D eigenvalue weighted by Crippen LogP contribution is -2.27. The fourth-order valence-electron chi connectivity index (χ4n) is 1.81. The molecule has 0 saturated heterocycles. The molecule has 2 aromatic rings. The predicted molar refractivity (Wildman–Crippen MR) is 78.0 cm³/mol. The summed E-state index contributed by atoms with van der Waals surface area (Å²) in [5.74, 6) is 0. The zero-order chi connectivity index (χ0) is 15.1. The molecule has 8 nitrogen and oxygen atoms in total. The van der Waals surface area contributed by atoms with Crippen molar-refractivity contribution >= 4 is 10.0 Å². The van der Waals surface area contributed by atoms with E-state index in [9.17, 15) is 8.42 Å². The smallest absolute Gasteiger partial charge is 0.242 e. The van der Waals surface area contributed by atoms with E-state index in [1.54, 1.807) is 23.1 Å². The minimum Gasteiger partial charge on any atom is -0.363 e. The number of sulfonamides is 1. The van der Waals surface area contributed by atoms with E-state index in [0.29, 0.717) is 13.1 Å². The Hall–Kier alpha value is -1.71. The molecule has 0 saturated carbocycles. The third kappa shape index (κ3) is 4.66. The summed E-state index contributed by atoms with van der Waals surface area (Å²) in [6.07, 6.45) is 5.77. The van der Waals surface area contributed by atoms with E-state index in [0.717, 1.165) is 18.7 Å². The van der Waals surface area contributed by atoms with Gasteiger partial charge >= 0.3 is 0 Å². The van der Waals surface area contributed by atoms with Gasteiger partial charge < -0.3 is 10.3 Å². The summed E-state index contributed by atoms with van der Waals surface area (Å²) in [5.41, 5.74) is 0.847. The zero-order valence-electron chi connectivity index (χ0n) is 11.9. The van der Waals surface area contributed by atoms with Crippen molar-refractivity contribution in [2.45, 2.75) is 31.3 Å². The molecule has 0 aliphatic rings. The molecule has 3 N–H and O–H groups in total. The van der Waals surface area contributed by atoms with Crippen LogP contribution in [0.2, 0.25) is 0 Å². The minimum absolute atomic E-state index is 0.245. The molecule has 0 fully saturated rings. The summed E-state index contributed by atoms with van der Waals surface area (Å²) in [6, 6.07) is 1.64. The van der Waals surface area contributed by atoms with E-state index in [2.05, 4.69) is 32.3 Å². The first-order valence-electron chi connectivity index (χ1n) is 6.83. The Morgan fingerprint density at radius 2 is 2.24 bits per heavy atom. The molecular formula is C12H20N6O2S. The van der Waals surface area contributed by atoms with Crippen LogP contribution in [-0.2, 0) is 23.1 Å². The summed E-state index contributed by atoms with van der Waals surface area (Å²) < 4.78 is 28.3. The van der Waals surface area contributed by atoms with Gasteiger partial charge in [0.15, 0.2) is 0 Å². The normalized spacial score (nSPS) is 11.9. The van der Waals surface area contributed by atoms with Crippen LogP contribution in [0.15, 0.2) is 29.6 Å². The molecule has 2 aromatic heterocycles. The van der Waals surface area contributed by atoms with E-state index in [1.807, 2.05) is 0 Å². The molecule has 0 atom stereocenters. The topological polar surface area (TPSA) is 105 Å². The second kappa shape index (κ2) is 7.34. The average molecular weight is 312 g/mol. The monoisotopic (exact) mass is 312 g/mol. The fourth-order valence-corrected chi connectivity index (χ4v) is 2.84. The number of hydrogen-bond donors (Lipinski definition) is 3. The van der Waals surface area contributed by atoms with Gasteiger partial charge in [-0.05, 0) is 19.0 Å². The molecule has 0 aliphatic heterocycles. The van der Waals surface area contributed by atoms with Gasteiger partial charge in [0, 0.05) is 31.2 Å². The molecule has 21 heavy (non-hydrogen) atoms. The second-order valence-corrected chi connectivity index (χ2v) is 6.37. The highest BCUT2D eigenvalue weighted by Crippen LogP contribution is 2.10. The molecule has 9 heteroatoms. The Balaban J connectivity index is 1.86. The van der Waals surface area contributed by atoms with Gasteiger partial charge in [0.25, 0.3) is 0 Å². The molecular weight excluding hydrogens is 292 g/mol. The van der Waals surface area contributed by atoms with Gasteiger partial charge in [-0.1, -0.05) is 12.1 Å². The Bertz CT molecular complexity index is 635. The van der Waals surface area contributed by atoms with Crippen molar-refractivity contribution in [1.82, 2.24) is 30.0 Å². The number of rotatable bonds is 9. The largest absolute Gasteiger partial charge is 0.363 e. The maximum absolute atomic E-state index is 12.1. The van der Waals surface area contributed by atoms with Crippen molar-refractivity contribution in [2.75, 3.05) is 13.1 Å². The summed E-state index contributed by atoms with van der Waals surface area (Å²) in [7, 11) is -3.49. The Labute approximate surface area is 124 Å². The van der Waals surface area contributed by atoms with Gasteiger partial charge in [-0.3, -0.25) is 4.68 Å². The summed E-state index contributed by atoms with van der Waals surface area (Å²) >= 11 is 0. The number of hydrogen-bond acceptors (Lipinski definition) is 5. The summed E-state index contributed by atoms with van der Waals surface area (Å²) in [6.45, 7) is 4.31. The van der Waals surface area contributed by atoms with Gasteiger partial charge in [0.1, 0.15) is 0 Å². The summed E-state index contributed by atoms with van der Waals surface area (Å²) in [4.78, 5) is 3.21. The van der Waals surface area contributed by atoms with Gasteiger partial charge in [0.2, 0.25) is 10.0 Å². The predicted octanol–water partition coefficient (Wildman–Crippen LogP) is 0.0843. The van der Waals surface area contributed by atoms with Crippen molar-refractivity contribution in [3.8, 4) is 0 Å². The van der Waals surface area contributed by atoms with Crippen molar-refractivity contribution in [3.63, 3.8) is 0 Å². The lowest BCUT2D eigenvalue weighted by molar-refractivity contribution is 0.553. The van der Waals surface area contributed by atoms with Crippen molar-refractivity contribution in [3.05, 3.63) is 30.4 Å². The van der Waals surface area contributed by atoms with Gasteiger partial charge in [0.05, 0.1) is 17.6 Å². The Morgan fingerprint density at radius 3 is 2.95 bits per heavy atom. The first kappa shape index (κ1) is 15.7.